The number of rotatable bonds is 4. The highest BCUT2D eigenvalue weighted by Crippen LogP contribution is 2.41. The predicted molar refractivity (Wildman–Crippen MR) is 91.8 cm³/mol. The number of fused-ring (bicyclic) bond motifs is 1. The average molecular weight is 354 g/mol. The maximum Gasteiger partial charge on any atom is 0.255 e. The Labute approximate surface area is 147 Å². The van der Waals surface area contributed by atoms with E-state index in [0.717, 1.165) is 25.9 Å². The summed E-state index contributed by atoms with van der Waals surface area (Å²) in [7, 11) is 3.29. The van der Waals surface area contributed by atoms with E-state index in [0.29, 0.717) is 36.0 Å². The topological polar surface area (TPSA) is 48.0 Å². The largest absolute Gasteiger partial charge is 0.497 e. The van der Waals surface area contributed by atoms with Gasteiger partial charge in [0, 0.05) is 32.2 Å². The molecule has 5 nitrogen and oxygen atoms in total. The van der Waals surface area contributed by atoms with Gasteiger partial charge >= 0.3 is 0 Å². The summed E-state index contributed by atoms with van der Waals surface area (Å²) < 4.78 is 16.7. The summed E-state index contributed by atoms with van der Waals surface area (Å²) in [6, 6.07) is 5.17. The number of benzene rings is 1. The second-order valence-electron chi connectivity index (χ2n) is 6.62. The lowest BCUT2D eigenvalue weighted by Crippen LogP contribution is -2.58. The molecular weight excluding hydrogens is 330 g/mol. The zero-order chi connectivity index (χ0) is 17.2. The number of carbonyl (C=O) groups excluding carboxylic acids is 1. The predicted octanol–water partition coefficient (Wildman–Crippen LogP) is 3.01. The Kier molecular flexibility index (Phi) is 5.33. The van der Waals surface area contributed by atoms with Crippen molar-refractivity contribution < 1.29 is 19.0 Å². The summed E-state index contributed by atoms with van der Waals surface area (Å²) in [6.45, 7) is 2.71. The van der Waals surface area contributed by atoms with Crippen molar-refractivity contribution in [3.8, 4) is 5.75 Å². The minimum Gasteiger partial charge on any atom is -0.497 e. The summed E-state index contributed by atoms with van der Waals surface area (Å²) in [6.07, 6.45) is 3.01. The van der Waals surface area contributed by atoms with Crippen LogP contribution in [-0.2, 0) is 9.47 Å². The highest BCUT2D eigenvalue weighted by molar-refractivity contribution is 6.33. The first-order valence-corrected chi connectivity index (χ1v) is 8.71. The van der Waals surface area contributed by atoms with E-state index in [4.69, 9.17) is 25.8 Å². The van der Waals surface area contributed by atoms with Crippen molar-refractivity contribution in [2.45, 2.75) is 25.4 Å². The third kappa shape index (κ3) is 3.25. The Morgan fingerprint density at radius 1 is 1.46 bits per heavy atom. The summed E-state index contributed by atoms with van der Waals surface area (Å²) in [5, 5.41) is 0.448. The van der Waals surface area contributed by atoms with Crippen molar-refractivity contribution in [2.24, 2.45) is 5.41 Å². The molecule has 132 valence electrons. The third-order valence-electron chi connectivity index (χ3n) is 5.11. The molecule has 1 aromatic rings. The maximum absolute atomic E-state index is 13.0. The molecule has 0 aromatic heterocycles. The number of ether oxygens (including phenoxy) is 3. The third-order valence-corrected chi connectivity index (χ3v) is 5.44. The van der Waals surface area contributed by atoms with Crippen molar-refractivity contribution in [3.63, 3.8) is 0 Å². The zero-order valence-corrected chi connectivity index (χ0v) is 15.0. The average Bonchev–Trinajstić information content (AvgIpc) is 2.61. The van der Waals surface area contributed by atoms with Crippen LogP contribution in [0.3, 0.4) is 0 Å². The number of methoxy groups -OCH3 is 2. The normalized spacial score (nSPS) is 26.8. The molecule has 2 saturated heterocycles. The van der Waals surface area contributed by atoms with Crippen LogP contribution >= 0.6 is 11.6 Å². The van der Waals surface area contributed by atoms with Crippen LogP contribution in [0.5, 0.6) is 5.75 Å². The number of hydrogen-bond donors (Lipinski definition) is 0. The fourth-order valence-corrected chi connectivity index (χ4v) is 4.13. The van der Waals surface area contributed by atoms with Crippen LogP contribution in [0, 0.1) is 5.41 Å². The number of likely N-dealkylation sites (tertiary alicyclic amines) is 1. The number of hydrogen-bond acceptors (Lipinski definition) is 4. The van der Waals surface area contributed by atoms with E-state index < -0.39 is 0 Å². The molecule has 2 fully saturated rings. The Hall–Kier alpha value is -1.30. The molecule has 0 N–H and O–H groups in total. The second-order valence-corrected chi connectivity index (χ2v) is 7.03. The van der Waals surface area contributed by atoms with Gasteiger partial charge in [0.25, 0.3) is 5.91 Å². The van der Waals surface area contributed by atoms with Crippen molar-refractivity contribution in [2.75, 3.05) is 40.5 Å². The van der Waals surface area contributed by atoms with E-state index in [1.165, 1.54) is 0 Å². The van der Waals surface area contributed by atoms with Crippen LogP contribution in [0.2, 0.25) is 5.02 Å². The molecular formula is C18H24ClNO4. The molecule has 2 aliphatic rings. The van der Waals surface area contributed by atoms with Crippen molar-refractivity contribution in [3.05, 3.63) is 28.8 Å². The molecule has 0 bridgehead atoms. The summed E-state index contributed by atoms with van der Waals surface area (Å²) in [5.74, 6) is 0.573. The number of amides is 1. The van der Waals surface area contributed by atoms with Gasteiger partial charge in [0.2, 0.25) is 0 Å². The number of carbonyl (C=O) groups is 1. The van der Waals surface area contributed by atoms with Gasteiger partial charge in [-0.2, -0.15) is 0 Å². The van der Waals surface area contributed by atoms with Gasteiger partial charge in [0.1, 0.15) is 5.75 Å². The van der Waals surface area contributed by atoms with Crippen LogP contribution in [0.4, 0.5) is 0 Å². The van der Waals surface area contributed by atoms with Gasteiger partial charge in [-0.25, -0.2) is 0 Å². The monoisotopic (exact) mass is 353 g/mol. The first-order chi connectivity index (χ1) is 11.6. The molecule has 0 saturated carbocycles. The lowest BCUT2D eigenvalue weighted by Gasteiger charge is -2.50. The fraction of sp³-hybridized carbons (Fsp3) is 0.611. The quantitative estimate of drug-likeness (QED) is 0.834. The first-order valence-electron chi connectivity index (χ1n) is 8.33. The van der Waals surface area contributed by atoms with E-state index in [1.807, 2.05) is 4.90 Å². The molecule has 0 radical (unpaired) electrons. The highest BCUT2D eigenvalue weighted by atomic mass is 35.5. The maximum atomic E-state index is 13.0. The van der Waals surface area contributed by atoms with Crippen LogP contribution in [0.15, 0.2) is 18.2 Å². The Morgan fingerprint density at radius 3 is 3.04 bits per heavy atom. The zero-order valence-electron chi connectivity index (χ0n) is 14.2. The fourth-order valence-electron chi connectivity index (χ4n) is 3.93. The molecule has 1 aromatic carbocycles. The lowest BCUT2D eigenvalue weighted by atomic mass is 9.73. The number of halogens is 1. The minimum atomic E-state index is -0.119. The second kappa shape index (κ2) is 7.30. The molecule has 1 amide bonds. The van der Waals surface area contributed by atoms with Crippen LogP contribution in [0.1, 0.15) is 29.6 Å². The minimum absolute atomic E-state index is 0.0570. The van der Waals surface area contributed by atoms with Gasteiger partial charge in [0.15, 0.2) is 0 Å². The SMILES string of the molecule is COC[C@]12CCCO[C@H]1CCN(C(=O)c1cc(OC)ccc1Cl)C2. The molecule has 2 atom stereocenters. The molecule has 24 heavy (non-hydrogen) atoms. The molecule has 6 heteroatoms. The Morgan fingerprint density at radius 2 is 2.29 bits per heavy atom. The number of nitrogens with zero attached hydrogens (tertiary/aromatic N) is 1. The molecule has 2 aliphatic heterocycles. The van der Waals surface area contributed by atoms with Gasteiger partial charge in [-0.1, -0.05) is 11.6 Å². The van der Waals surface area contributed by atoms with E-state index in [1.54, 1.807) is 32.4 Å². The first kappa shape index (κ1) is 17.5. The van der Waals surface area contributed by atoms with Gasteiger partial charge in [-0.3, -0.25) is 4.79 Å². The van der Waals surface area contributed by atoms with Gasteiger partial charge in [-0.05, 0) is 37.5 Å². The molecule has 0 aliphatic carbocycles. The molecule has 0 spiro atoms. The van der Waals surface area contributed by atoms with Gasteiger partial charge in [-0.15, -0.1) is 0 Å². The van der Waals surface area contributed by atoms with Crippen LogP contribution in [0.25, 0.3) is 0 Å². The van der Waals surface area contributed by atoms with Crippen molar-refractivity contribution in [1.29, 1.82) is 0 Å². The van der Waals surface area contributed by atoms with E-state index in [9.17, 15) is 4.79 Å². The van der Waals surface area contributed by atoms with E-state index in [2.05, 4.69) is 0 Å². The number of piperidine rings is 1. The molecule has 0 unspecified atom stereocenters. The van der Waals surface area contributed by atoms with Crippen molar-refractivity contribution in [1.82, 2.24) is 4.90 Å². The van der Waals surface area contributed by atoms with E-state index in [-0.39, 0.29) is 17.4 Å². The summed E-state index contributed by atoms with van der Waals surface area (Å²) in [5.41, 5.74) is 0.366. The van der Waals surface area contributed by atoms with Crippen molar-refractivity contribution >= 4 is 17.5 Å². The standard InChI is InChI=1S/C18H24ClNO4/c1-22-12-18-7-3-9-24-16(18)6-8-20(11-18)17(21)14-10-13(23-2)4-5-15(14)19/h4-5,10,16H,3,6-9,11-12H2,1-2H3/t16-,18+/m0/s1. The van der Waals surface area contributed by atoms with Crippen LogP contribution < -0.4 is 4.74 Å². The highest BCUT2D eigenvalue weighted by Gasteiger charge is 2.47. The van der Waals surface area contributed by atoms with E-state index >= 15 is 0 Å². The summed E-state index contributed by atoms with van der Waals surface area (Å²) in [4.78, 5) is 14.9. The Balaban J connectivity index is 1.83. The molecule has 2 heterocycles. The summed E-state index contributed by atoms with van der Waals surface area (Å²) >= 11 is 6.25. The Bertz CT molecular complexity index is 605. The molecule has 3 rings (SSSR count). The van der Waals surface area contributed by atoms with Crippen LogP contribution in [-0.4, -0.2) is 57.4 Å². The van der Waals surface area contributed by atoms with Gasteiger partial charge in [0.05, 0.1) is 30.4 Å². The lowest BCUT2D eigenvalue weighted by molar-refractivity contribution is -0.142. The van der Waals surface area contributed by atoms with Gasteiger partial charge < -0.3 is 19.1 Å². The smallest absolute Gasteiger partial charge is 0.255 e.